The van der Waals surface area contributed by atoms with Gasteiger partial charge in [-0.15, -0.1) is 0 Å². The zero-order valence-corrected chi connectivity index (χ0v) is 21.8. The topological polar surface area (TPSA) is 36.9 Å². The van der Waals surface area contributed by atoms with Gasteiger partial charge in [0, 0.05) is 0 Å². The lowest BCUT2D eigenvalue weighted by Crippen LogP contribution is -2.41. The first-order valence-electron chi connectivity index (χ1n) is 13.0. The van der Waals surface area contributed by atoms with E-state index in [4.69, 9.17) is 18.6 Å². The summed E-state index contributed by atoms with van der Waals surface area (Å²) in [6.07, 6.45) is 12.6. The fourth-order valence-corrected chi connectivity index (χ4v) is 5.47. The molecule has 2 heterocycles. The van der Waals surface area contributed by atoms with Gasteiger partial charge in [0.25, 0.3) is 0 Å². The maximum atomic E-state index is 6.61. The lowest BCUT2D eigenvalue weighted by molar-refractivity contribution is 0.00578. The van der Waals surface area contributed by atoms with Crippen LogP contribution in [0.4, 0.5) is 0 Å². The molecule has 0 aromatic heterocycles. The molecule has 178 valence electrons. The summed E-state index contributed by atoms with van der Waals surface area (Å²) < 4.78 is 26.0. The molecule has 6 heteroatoms. The molecule has 4 rings (SSSR count). The van der Waals surface area contributed by atoms with Crippen LogP contribution in [0.3, 0.4) is 0 Å². The molecule has 0 aromatic carbocycles. The Morgan fingerprint density at radius 2 is 1.09 bits per heavy atom. The second-order valence-corrected chi connectivity index (χ2v) is 12.5. The van der Waals surface area contributed by atoms with E-state index < -0.39 is 0 Å². The molecule has 0 bridgehead atoms. The molecule has 0 aromatic rings. The second-order valence-electron chi connectivity index (χ2n) is 12.5. The summed E-state index contributed by atoms with van der Waals surface area (Å²) in [5, 5.41) is 0. The van der Waals surface area contributed by atoms with Gasteiger partial charge in [-0.2, -0.15) is 0 Å². The summed E-state index contributed by atoms with van der Waals surface area (Å²) in [6.45, 7) is 17.1. The average Bonchev–Trinajstić information content (AvgIpc) is 3.41. The first-order valence-corrected chi connectivity index (χ1v) is 13.0. The predicted molar refractivity (Wildman–Crippen MR) is 132 cm³/mol. The summed E-state index contributed by atoms with van der Waals surface area (Å²) >= 11 is 0. The highest BCUT2D eigenvalue weighted by Crippen LogP contribution is 2.45. The van der Waals surface area contributed by atoms with E-state index in [-0.39, 0.29) is 36.6 Å². The van der Waals surface area contributed by atoms with Crippen LogP contribution < -0.4 is 0 Å². The van der Waals surface area contributed by atoms with Gasteiger partial charge in [-0.25, -0.2) is 0 Å². The van der Waals surface area contributed by atoms with E-state index in [1.54, 1.807) is 0 Å². The molecule has 4 nitrogen and oxygen atoms in total. The molecule has 2 aliphatic carbocycles. The minimum Gasteiger partial charge on any atom is -0.400 e. The third kappa shape index (κ3) is 4.67. The Morgan fingerprint density at radius 3 is 1.59 bits per heavy atom. The molecular weight excluding hydrogens is 398 g/mol. The SMILES string of the molecule is CC1(C)OB(/C=C(/C(=C/C2CCCC2)B2OC(C)(C)C(C)(C)O2)C2CCCC2)OC1(C)C. The maximum absolute atomic E-state index is 6.61. The number of rotatable bonds is 5. The van der Waals surface area contributed by atoms with Crippen molar-refractivity contribution in [2.75, 3.05) is 0 Å². The molecule has 0 unspecified atom stereocenters. The van der Waals surface area contributed by atoms with Crippen LogP contribution in [0.2, 0.25) is 0 Å². The molecule has 4 aliphatic rings. The third-order valence-electron chi connectivity index (χ3n) is 9.04. The Labute approximate surface area is 197 Å². The Kier molecular flexibility index (Phi) is 6.60. The van der Waals surface area contributed by atoms with Gasteiger partial charge in [-0.1, -0.05) is 43.3 Å². The minimum atomic E-state index is -0.350. The second kappa shape index (κ2) is 8.59. The van der Waals surface area contributed by atoms with Crippen LogP contribution in [-0.4, -0.2) is 36.6 Å². The van der Waals surface area contributed by atoms with Crippen molar-refractivity contribution in [2.45, 2.75) is 129 Å². The smallest absolute Gasteiger partial charge is 0.400 e. The summed E-state index contributed by atoms with van der Waals surface area (Å²) in [4.78, 5) is 0. The van der Waals surface area contributed by atoms with E-state index in [9.17, 15) is 0 Å². The maximum Gasteiger partial charge on any atom is 0.494 e. The van der Waals surface area contributed by atoms with Crippen LogP contribution in [0.1, 0.15) is 107 Å². The molecule has 0 spiro atoms. The lowest BCUT2D eigenvalue weighted by atomic mass is 9.65. The van der Waals surface area contributed by atoms with Gasteiger partial charge >= 0.3 is 14.2 Å². The molecule has 2 aliphatic heterocycles. The third-order valence-corrected chi connectivity index (χ3v) is 9.04. The van der Waals surface area contributed by atoms with Crippen molar-refractivity contribution < 1.29 is 18.6 Å². The van der Waals surface area contributed by atoms with Gasteiger partial charge in [0.05, 0.1) is 22.4 Å². The number of hydrogen-bond acceptors (Lipinski definition) is 4. The highest BCUT2D eigenvalue weighted by Gasteiger charge is 2.54. The Bertz CT molecular complexity index is 724. The normalized spacial score (nSPS) is 30.6. The first kappa shape index (κ1) is 24.6. The molecule has 0 radical (unpaired) electrons. The van der Waals surface area contributed by atoms with E-state index in [0.29, 0.717) is 11.8 Å². The zero-order valence-electron chi connectivity index (χ0n) is 21.8. The van der Waals surface area contributed by atoms with Crippen LogP contribution >= 0.6 is 0 Å². The first-order chi connectivity index (χ1) is 14.8. The Balaban J connectivity index is 1.73. The van der Waals surface area contributed by atoms with Crippen molar-refractivity contribution in [2.24, 2.45) is 11.8 Å². The molecule has 0 amide bonds. The van der Waals surface area contributed by atoms with Crippen LogP contribution in [0.5, 0.6) is 0 Å². The van der Waals surface area contributed by atoms with Gasteiger partial charge in [-0.05, 0) is 98.4 Å². The monoisotopic (exact) mass is 442 g/mol. The minimum absolute atomic E-state index is 0.338. The molecule has 2 saturated carbocycles. The number of allylic oxidation sites excluding steroid dienone is 3. The highest BCUT2D eigenvalue weighted by molar-refractivity contribution is 6.57. The Hall–Kier alpha value is -0.550. The van der Waals surface area contributed by atoms with Crippen LogP contribution in [0.25, 0.3) is 0 Å². The molecule has 32 heavy (non-hydrogen) atoms. The standard InChI is InChI=1S/C26H44B2O4/c1-23(2)24(3,4)30-27(29-23)18-21(20-15-11-12-16-20)22(17-19-13-9-10-14-19)28-31-25(5,6)26(7,8)32-28/h17-20H,9-16H2,1-8H3/b21-18+,22-17-. The predicted octanol–water partition coefficient (Wildman–Crippen LogP) is 6.48. The van der Waals surface area contributed by atoms with Crippen molar-refractivity contribution in [3.05, 3.63) is 23.1 Å². The average molecular weight is 442 g/mol. The molecule has 4 fully saturated rings. The van der Waals surface area contributed by atoms with Crippen molar-refractivity contribution in [3.8, 4) is 0 Å². The van der Waals surface area contributed by atoms with Crippen molar-refractivity contribution >= 4 is 14.2 Å². The van der Waals surface area contributed by atoms with Crippen molar-refractivity contribution in [3.63, 3.8) is 0 Å². The summed E-state index contributed by atoms with van der Waals surface area (Å²) in [6, 6.07) is 0. The lowest BCUT2D eigenvalue weighted by Gasteiger charge is -2.32. The molecule has 0 atom stereocenters. The van der Waals surface area contributed by atoms with E-state index in [1.165, 1.54) is 62.4 Å². The fraction of sp³-hybridized carbons (Fsp3) is 0.846. The number of hydrogen-bond donors (Lipinski definition) is 0. The zero-order chi connectivity index (χ0) is 23.4. The largest absolute Gasteiger partial charge is 0.494 e. The van der Waals surface area contributed by atoms with Crippen LogP contribution in [-0.2, 0) is 18.6 Å². The van der Waals surface area contributed by atoms with Gasteiger partial charge in [0.2, 0.25) is 0 Å². The van der Waals surface area contributed by atoms with E-state index in [2.05, 4.69) is 67.4 Å². The highest BCUT2D eigenvalue weighted by atomic mass is 16.7. The quantitative estimate of drug-likeness (QED) is 0.361. The van der Waals surface area contributed by atoms with Crippen molar-refractivity contribution in [1.82, 2.24) is 0 Å². The van der Waals surface area contributed by atoms with Gasteiger partial charge in [0.1, 0.15) is 0 Å². The Morgan fingerprint density at radius 1 is 0.656 bits per heavy atom. The van der Waals surface area contributed by atoms with E-state index in [1.807, 2.05) is 0 Å². The van der Waals surface area contributed by atoms with Crippen molar-refractivity contribution in [1.29, 1.82) is 0 Å². The summed E-state index contributed by atoms with van der Waals surface area (Å²) in [5.74, 6) is 3.38. The summed E-state index contributed by atoms with van der Waals surface area (Å²) in [7, 11) is -0.681. The van der Waals surface area contributed by atoms with E-state index >= 15 is 0 Å². The van der Waals surface area contributed by atoms with E-state index in [0.717, 1.165) is 0 Å². The van der Waals surface area contributed by atoms with Crippen LogP contribution in [0, 0.1) is 11.8 Å². The summed E-state index contributed by atoms with van der Waals surface area (Å²) in [5.41, 5.74) is 1.20. The van der Waals surface area contributed by atoms with Gasteiger partial charge in [-0.3, -0.25) is 0 Å². The van der Waals surface area contributed by atoms with Gasteiger partial charge < -0.3 is 18.6 Å². The molecular formula is C26H44B2O4. The fourth-order valence-electron chi connectivity index (χ4n) is 5.47. The van der Waals surface area contributed by atoms with Gasteiger partial charge in [0.15, 0.2) is 0 Å². The molecule has 2 saturated heterocycles. The van der Waals surface area contributed by atoms with Crippen LogP contribution in [0.15, 0.2) is 23.1 Å². The molecule has 0 N–H and O–H groups in total.